The van der Waals surface area contributed by atoms with Gasteiger partial charge in [0.2, 0.25) is 0 Å². The molecule has 1 aromatic heterocycles. The van der Waals surface area contributed by atoms with Crippen LogP contribution in [0.2, 0.25) is 0 Å². The van der Waals surface area contributed by atoms with Gasteiger partial charge in [0.25, 0.3) is 5.56 Å². The average molecular weight is 319 g/mol. The molecule has 2 amide bonds. The number of likely N-dealkylation sites (tertiary alicyclic amines) is 1. The predicted octanol–water partition coefficient (Wildman–Crippen LogP) is 1.80. The zero-order valence-electron chi connectivity index (χ0n) is 13.9. The lowest BCUT2D eigenvalue weighted by Gasteiger charge is -2.20. The van der Waals surface area contributed by atoms with Gasteiger partial charge in [-0.05, 0) is 25.8 Å². The molecule has 2 fully saturated rings. The first-order valence-electron chi connectivity index (χ1n) is 8.42. The molecule has 23 heavy (non-hydrogen) atoms. The summed E-state index contributed by atoms with van der Waals surface area (Å²) in [4.78, 5) is 25.9. The molecule has 1 aliphatic heterocycles. The number of rotatable bonds is 3. The minimum atomic E-state index is -0.0752. The van der Waals surface area contributed by atoms with Crippen molar-refractivity contribution in [1.82, 2.24) is 14.8 Å². The number of aryl methyl sites for hydroxylation is 1. The second-order valence-electron chi connectivity index (χ2n) is 6.64. The highest BCUT2D eigenvalue weighted by atomic mass is 16.5. The van der Waals surface area contributed by atoms with E-state index in [1.54, 1.807) is 11.6 Å². The van der Waals surface area contributed by atoms with Crippen LogP contribution in [-0.2, 0) is 7.05 Å². The normalized spacial score (nSPS) is 21.7. The van der Waals surface area contributed by atoms with Crippen LogP contribution >= 0.6 is 0 Å². The molecule has 0 bridgehead atoms. The number of ether oxygens (including phenoxy) is 1. The van der Waals surface area contributed by atoms with Gasteiger partial charge in [0.1, 0.15) is 11.9 Å². The van der Waals surface area contributed by atoms with Crippen molar-refractivity contribution in [3.8, 4) is 5.75 Å². The van der Waals surface area contributed by atoms with Crippen molar-refractivity contribution >= 4 is 6.03 Å². The van der Waals surface area contributed by atoms with Crippen molar-refractivity contribution < 1.29 is 9.53 Å². The lowest BCUT2D eigenvalue weighted by molar-refractivity contribution is 0.184. The molecule has 126 valence electrons. The van der Waals surface area contributed by atoms with E-state index >= 15 is 0 Å². The summed E-state index contributed by atoms with van der Waals surface area (Å²) >= 11 is 0. The molecule has 2 aliphatic rings. The van der Waals surface area contributed by atoms with Crippen LogP contribution in [0.15, 0.2) is 16.9 Å². The van der Waals surface area contributed by atoms with Crippen LogP contribution in [0.25, 0.3) is 0 Å². The van der Waals surface area contributed by atoms with Crippen LogP contribution in [0.1, 0.15) is 37.8 Å². The quantitative estimate of drug-likeness (QED) is 0.924. The lowest BCUT2D eigenvalue weighted by atomic mass is 10.2. The van der Waals surface area contributed by atoms with Gasteiger partial charge in [-0.3, -0.25) is 4.79 Å². The first kappa shape index (κ1) is 15.9. The van der Waals surface area contributed by atoms with Crippen LogP contribution in [0.4, 0.5) is 4.79 Å². The van der Waals surface area contributed by atoms with Crippen molar-refractivity contribution in [3.63, 3.8) is 0 Å². The third-order valence-electron chi connectivity index (χ3n) is 4.89. The Morgan fingerprint density at radius 3 is 2.70 bits per heavy atom. The van der Waals surface area contributed by atoms with Crippen LogP contribution < -0.4 is 15.6 Å². The van der Waals surface area contributed by atoms with E-state index in [1.807, 2.05) is 17.9 Å². The topological polar surface area (TPSA) is 63.6 Å². The van der Waals surface area contributed by atoms with E-state index in [1.165, 1.54) is 18.9 Å². The van der Waals surface area contributed by atoms with E-state index in [2.05, 4.69) is 5.32 Å². The summed E-state index contributed by atoms with van der Waals surface area (Å²) in [7, 11) is 1.74. The summed E-state index contributed by atoms with van der Waals surface area (Å²) < 4.78 is 7.49. The molecule has 0 aromatic carbocycles. The minimum Gasteiger partial charge on any atom is -0.488 e. The van der Waals surface area contributed by atoms with Gasteiger partial charge in [-0.25, -0.2) is 4.79 Å². The fraction of sp³-hybridized carbons (Fsp3) is 0.647. The molecule has 1 aliphatic carbocycles. The van der Waals surface area contributed by atoms with Gasteiger partial charge in [0.05, 0.1) is 6.54 Å². The Kier molecular flexibility index (Phi) is 4.59. The molecule has 1 saturated carbocycles. The van der Waals surface area contributed by atoms with E-state index in [0.29, 0.717) is 24.9 Å². The number of carbonyl (C=O) groups is 1. The van der Waals surface area contributed by atoms with Crippen LogP contribution in [-0.4, -0.2) is 40.7 Å². The largest absolute Gasteiger partial charge is 0.488 e. The van der Waals surface area contributed by atoms with E-state index in [0.717, 1.165) is 25.0 Å². The molecule has 1 saturated heterocycles. The van der Waals surface area contributed by atoms with Crippen molar-refractivity contribution in [2.75, 3.05) is 13.1 Å². The molecule has 1 atom stereocenters. The fourth-order valence-electron chi connectivity index (χ4n) is 3.34. The third-order valence-corrected chi connectivity index (χ3v) is 4.89. The van der Waals surface area contributed by atoms with Gasteiger partial charge in [-0.15, -0.1) is 0 Å². The molecule has 1 aromatic rings. The Morgan fingerprint density at radius 1 is 1.26 bits per heavy atom. The first-order chi connectivity index (χ1) is 11.0. The van der Waals surface area contributed by atoms with Gasteiger partial charge in [0.15, 0.2) is 0 Å². The maximum Gasteiger partial charge on any atom is 0.317 e. The molecule has 1 unspecified atom stereocenters. The number of hydrogen-bond donors (Lipinski definition) is 1. The van der Waals surface area contributed by atoms with E-state index in [-0.39, 0.29) is 17.7 Å². The smallest absolute Gasteiger partial charge is 0.317 e. The highest BCUT2D eigenvalue weighted by Crippen LogP contribution is 2.20. The Balaban J connectivity index is 1.55. The van der Waals surface area contributed by atoms with Gasteiger partial charge in [0, 0.05) is 37.8 Å². The number of carbonyl (C=O) groups excluding carboxylic acids is 1. The number of nitrogens with one attached hydrogen (secondary N) is 1. The number of urea groups is 1. The third kappa shape index (κ3) is 3.68. The number of aromatic nitrogens is 1. The number of amides is 2. The summed E-state index contributed by atoms with van der Waals surface area (Å²) in [5.41, 5.74) is 0.787. The SMILES string of the molecule is Cc1cc(OC2CCN(C(=O)NC3CCCC3)C2)cc(=O)n1C. The summed E-state index contributed by atoms with van der Waals surface area (Å²) in [5.74, 6) is 0.591. The molecule has 6 heteroatoms. The Hall–Kier alpha value is -1.98. The van der Waals surface area contributed by atoms with Crippen molar-refractivity contribution in [2.45, 2.75) is 51.2 Å². The maximum absolute atomic E-state index is 12.3. The molecule has 0 radical (unpaired) electrons. The second-order valence-corrected chi connectivity index (χ2v) is 6.64. The van der Waals surface area contributed by atoms with Gasteiger partial charge < -0.3 is 19.5 Å². The van der Waals surface area contributed by atoms with Crippen molar-refractivity contribution in [2.24, 2.45) is 7.05 Å². The fourth-order valence-corrected chi connectivity index (χ4v) is 3.34. The van der Waals surface area contributed by atoms with E-state index in [9.17, 15) is 9.59 Å². The highest BCUT2D eigenvalue weighted by molar-refractivity contribution is 5.74. The molecule has 2 heterocycles. The molecular formula is C17H25N3O3. The van der Waals surface area contributed by atoms with Crippen molar-refractivity contribution in [1.29, 1.82) is 0 Å². The molecule has 0 spiro atoms. The van der Waals surface area contributed by atoms with E-state index < -0.39 is 0 Å². The Labute approximate surface area is 136 Å². The van der Waals surface area contributed by atoms with Gasteiger partial charge >= 0.3 is 6.03 Å². The number of hydrogen-bond acceptors (Lipinski definition) is 3. The minimum absolute atomic E-state index is 0.0168. The van der Waals surface area contributed by atoms with Crippen LogP contribution in [0.3, 0.4) is 0 Å². The Morgan fingerprint density at radius 2 is 2.00 bits per heavy atom. The first-order valence-corrected chi connectivity index (χ1v) is 8.42. The lowest BCUT2D eigenvalue weighted by Crippen LogP contribution is -2.43. The number of pyridine rings is 1. The summed E-state index contributed by atoms with van der Waals surface area (Å²) in [6.07, 6.45) is 5.35. The van der Waals surface area contributed by atoms with Gasteiger partial charge in [-0.1, -0.05) is 12.8 Å². The molecular weight excluding hydrogens is 294 g/mol. The van der Waals surface area contributed by atoms with Crippen LogP contribution in [0, 0.1) is 6.92 Å². The maximum atomic E-state index is 12.3. The standard InChI is InChI=1S/C17H25N3O3/c1-12-9-15(10-16(21)19(12)2)23-14-7-8-20(11-14)17(22)18-13-5-3-4-6-13/h9-10,13-14H,3-8,11H2,1-2H3,(H,18,22). The summed E-state index contributed by atoms with van der Waals surface area (Å²) in [6.45, 7) is 3.16. The number of nitrogens with zero attached hydrogens (tertiary/aromatic N) is 2. The van der Waals surface area contributed by atoms with Gasteiger partial charge in [-0.2, -0.15) is 0 Å². The van der Waals surface area contributed by atoms with E-state index in [4.69, 9.17) is 4.74 Å². The average Bonchev–Trinajstić information content (AvgIpc) is 3.16. The summed E-state index contributed by atoms with van der Waals surface area (Å²) in [5, 5.41) is 3.11. The predicted molar refractivity (Wildman–Crippen MR) is 87.8 cm³/mol. The van der Waals surface area contributed by atoms with Crippen LogP contribution in [0.5, 0.6) is 5.75 Å². The molecule has 6 nitrogen and oxygen atoms in total. The summed E-state index contributed by atoms with van der Waals surface area (Å²) in [6, 6.07) is 3.72. The molecule has 3 rings (SSSR count). The molecule has 1 N–H and O–H groups in total. The Bertz CT molecular complexity index is 634. The zero-order valence-corrected chi connectivity index (χ0v) is 13.9. The monoisotopic (exact) mass is 319 g/mol. The zero-order chi connectivity index (χ0) is 16.4. The highest BCUT2D eigenvalue weighted by Gasteiger charge is 2.29. The second kappa shape index (κ2) is 6.64. The van der Waals surface area contributed by atoms with Crippen molar-refractivity contribution in [3.05, 3.63) is 28.2 Å².